The van der Waals surface area contributed by atoms with Crippen molar-refractivity contribution < 1.29 is 5.11 Å². The third kappa shape index (κ3) is 2.37. The van der Waals surface area contributed by atoms with Crippen LogP contribution in [0.25, 0.3) is 32.7 Å². The van der Waals surface area contributed by atoms with Crippen molar-refractivity contribution in [1.29, 1.82) is 0 Å². The molecular weight excluding hydrogens is 316 g/mol. The van der Waals surface area contributed by atoms with Gasteiger partial charge in [0.05, 0.1) is 6.61 Å². The molecule has 1 N–H and O–H groups in total. The molecule has 0 spiro atoms. The Morgan fingerprint density at radius 1 is 0.625 bits per heavy atom. The summed E-state index contributed by atoms with van der Waals surface area (Å²) < 4.78 is 0. The van der Waals surface area contributed by atoms with Crippen molar-refractivity contribution in [2.75, 3.05) is 0 Å². The van der Waals surface area contributed by atoms with Crippen molar-refractivity contribution in [3.8, 4) is 11.1 Å². The van der Waals surface area contributed by atoms with Crippen LogP contribution in [0.1, 0.15) is 11.1 Å². The first-order valence-corrected chi connectivity index (χ1v) is 8.55. The van der Waals surface area contributed by atoms with E-state index in [0.717, 1.165) is 33.0 Å². The monoisotopic (exact) mass is 332 g/mol. The van der Waals surface area contributed by atoms with E-state index in [4.69, 9.17) is 11.6 Å². The maximum Gasteiger partial charge on any atom is 0.0688 e. The van der Waals surface area contributed by atoms with Crippen molar-refractivity contribution in [3.05, 3.63) is 83.9 Å². The lowest BCUT2D eigenvalue weighted by Crippen LogP contribution is -1.96. The van der Waals surface area contributed by atoms with Gasteiger partial charge < -0.3 is 5.11 Å². The predicted octanol–water partition coefficient (Wildman–Crippen LogP) is 5.89. The van der Waals surface area contributed by atoms with Crippen LogP contribution in [0.4, 0.5) is 0 Å². The molecule has 4 aromatic carbocycles. The quantitative estimate of drug-likeness (QED) is 0.464. The minimum atomic E-state index is 0.00507. The number of aliphatic hydroxyl groups is 1. The zero-order chi connectivity index (χ0) is 16.5. The molecular formula is C22H17ClO. The van der Waals surface area contributed by atoms with Gasteiger partial charge in [-0.15, -0.1) is 11.6 Å². The van der Waals surface area contributed by atoms with Gasteiger partial charge in [0.1, 0.15) is 0 Å². The first-order chi connectivity index (χ1) is 11.8. The smallest absolute Gasteiger partial charge is 0.0688 e. The highest BCUT2D eigenvalue weighted by Gasteiger charge is 2.15. The zero-order valence-electron chi connectivity index (χ0n) is 13.2. The topological polar surface area (TPSA) is 20.2 Å². The summed E-state index contributed by atoms with van der Waals surface area (Å²) in [6.07, 6.45) is 0. The number of aliphatic hydroxyl groups excluding tert-OH is 1. The largest absolute Gasteiger partial charge is 0.392 e. The normalized spacial score (nSPS) is 11.2. The Kier molecular flexibility index (Phi) is 3.97. The molecule has 24 heavy (non-hydrogen) atoms. The lowest BCUT2D eigenvalue weighted by Gasteiger charge is -2.17. The number of benzene rings is 4. The summed E-state index contributed by atoms with van der Waals surface area (Å²) in [6, 6.07) is 24.9. The van der Waals surface area contributed by atoms with Gasteiger partial charge in [0, 0.05) is 5.88 Å². The van der Waals surface area contributed by atoms with E-state index >= 15 is 0 Å². The van der Waals surface area contributed by atoms with Crippen LogP contribution in [0.15, 0.2) is 72.8 Å². The molecule has 1 nitrogen and oxygen atoms in total. The second-order valence-electron chi connectivity index (χ2n) is 5.93. The summed E-state index contributed by atoms with van der Waals surface area (Å²) in [4.78, 5) is 0. The summed E-state index contributed by atoms with van der Waals surface area (Å²) in [5.74, 6) is 0.439. The minimum absolute atomic E-state index is 0.00507. The van der Waals surface area contributed by atoms with Gasteiger partial charge in [0.2, 0.25) is 0 Å². The van der Waals surface area contributed by atoms with Gasteiger partial charge >= 0.3 is 0 Å². The van der Waals surface area contributed by atoms with Crippen molar-refractivity contribution in [1.82, 2.24) is 0 Å². The van der Waals surface area contributed by atoms with Crippen molar-refractivity contribution >= 4 is 33.1 Å². The molecule has 0 amide bonds. The second kappa shape index (κ2) is 6.27. The highest BCUT2D eigenvalue weighted by atomic mass is 35.5. The molecule has 0 aliphatic heterocycles. The third-order valence-electron chi connectivity index (χ3n) is 4.59. The fourth-order valence-electron chi connectivity index (χ4n) is 3.47. The first kappa shape index (κ1) is 15.2. The van der Waals surface area contributed by atoms with Gasteiger partial charge in [-0.05, 0) is 43.8 Å². The highest BCUT2D eigenvalue weighted by Crippen LogP contribution is 2.39. The minimum Gasteiger partial charge on any atom is -0.392 e. The molecule has 118 valence electrons. The number of fused-ring (bicyclic) bond motifs is 2. The molecule has 0 aliphatic rings. The van der Waals surface area contributed by atoms with E-state index in [-0.39, 0.29) is 6.61 Å². The molecule has 0 fully saturated rings. The molecule has 0 saturated heterocycles. The molecule has 0 saturated carbocycles. The van der Waals surface area contributed by atoms with Crippen molar-refractivity contribution in [2.45, 2.75) is 12.5 Å². The van der Waals surface area contributed by atoms with Gasteiger partial charge in [0.25, 0.3) is 0 Å². The first-order valence-electron chi connectivity index (χ1n) is 8.02. The summed E-state index contributed by atoms with van der Waals surface area (Å²) in [5, 5.41) is 14.6. The van der Waals surface area contributed by atoms with E-state index in [2.05, 4.69) is 42.5 Å². The lowest BCUT2D eigenvalue weighted by atomic mass is 9.87. The van der Waals surface area contributed by atoms with Gasteiger partial charge in [-0.25, -0.2) is 0 Å². The van der Waals surface area contributed by atoms with Gasteiger partial charge in [0.15, 0.2) is 0 Å². The Labute approximate surface area is 146 Å². The Bertz CT molecular complexity index is 951. The number of halogens is 1. The lowest BCUT2D eigenvalue weighted by molar-refractivity contribution is 0.282. The molecule has 0 aromatic heterocycles. The molecule has 0 bridgehead atoms. The summed E-state index contributed by atoms with van der Waals surface area (Å²) >= 11 is 6.27. The average Bonchev–Trinajstić information content (AvgIpc) is 2.66. The van der Waals surface area contributed by atoms with E-state index < -0.39 is 0 Å². The van der Waals surface area contributed by atoms with Crippen LogP contribution in [-0.2, 0) is 12.5 Å². The average molecular weight is 333 g/mol. The van der Waals surface area contributed by atoms with E-state index in [0.29, 0.717) is 5.88 Å². The SMILES string of the molecule is OCc1ccc2ccccc2c1-c1c(CCl)ccc2ccccc12. The van der Waals surface area contributed by atoms with E-state index in [1.54, 1.807) is 0 Å². The van der Waals surface area contributed by atoms with Gasteiger partial charge in [-0.1, -0.05) is 72.8 Å². The molecule has 2 heteroatoms. The van der Waals surface area contributed by atoms with Crippen molar-refractivity contribution in [3.63, 3.8) is 0 Å². The third-order valence-corrected chi connectivity index (χ3v) is 4.88. The van der Waals surface area contributed by atoms with Gasteiger partial charge in [-0.2, -0.15) is 0 Å². The van der Waals surface area contributed by atoms with Crippen LogP contribution >= 0.6 is 11.6 Å². The van der Waals surface area contributed by atoms with E-state index in [1.807, 2.05) is 30.3 Å². The van der Waals surface area contributed by atoms with Crippen LogP contribution < -0.4 is 0 Å². The van der Waals surface area contributed by atoms with Gasteiger partial charge in [-0.3, -0.25) is 0 Å². The standard InChI is InChI=1S/C22H17ClO/c23-13-17-11-9-15-5-1-3-7-19(15)21(17)22-18(14-24)12-10-16-6-2-4-8-20(16)22/h1-12,24H,13-14H2. The molecule has 4 aromatic rings. The number of hydrogen-bond acceptors (Lipinski definition) is 1. The number of hydrogen-bond donors (Lipinski definition) is 1. The zero-order valence-corrected chi connectivity index (χ0v) is 13.9. The van der Waals surface area contributed by atoms with Crippen LogP contribution in [0, 0.1) is 0 Å². The fraction of sp³-hybridized carbons (Fsp3) is 0.0909. The van der Waals surface area contributed by atoms with E-state index in [1.165, 1.54) is 10.8 Å². The number of rotatable bonds is 3. The molecule has 0 heterocycles. The fourth-order valence-corrected chi connectivity index (χ4v) is 3.69. The Morgan fingerprint density at radius 2 is 1.12 bits per heavy atom. The predicted molar refractivity (Wildman–Crippen MR) is 102 cm³/mol. The molecule has 0 radical (unpaired) electrons. The maximum absolute atomic E-state index is 9.94. The van der Waals surface area contributed by atoms with Crippen LogP contribution in [-0.4, -0.2) is 5.11 Å². The van der Waals surface area contributed by atoms with Crippen LogP contribution in [0.2, 0.25) is 0 Å². The maximum atomic E-state index is 9.94. The highest BCUT2D eigenvalue weighted by molar-refractivity contribution is 6.18. The molecule has 0 unspecified atom stereocenters. The summed E-state index contributed by atoms with van der Waals surface area (Å²) in [5.41, 5.74) is 4.23. The van der Waals surface area contributed by atoms with E-state index in [9.17, 15) is 5.11 Å². The molecule has 0 aliphatic carbocycles. The molecule has 4 rings (SSSR count). The Balaban J connectivity index is 2.21. The number of alkyl halides is 1. The van der Waals surface area contributed by atoms with Crippen molar-refractivity contribution in [2.24, 2.45) is 0 Å². The Morgan fingerprint density at radius 3 is 1.67 bits per heavy atom. The second-order valence-corrected chi connectivity index (χ2v) is 6.20. The van der Waals surface area contributed by atoms with Crippen LogP contribution in [0.5, 0.6) is 0 Å². The van der Waals surface area contributed by atoms with Crippen LogP contribution in [0.3, 0.4) is 0 Å². The summed E-state index contributed by atoms with van der Waals surface area (Å²) in [6.45, 7) is 0.00507. The summed E-state index contributed by atoms with van der Waals surface area (Å²) in [7, 11) is 0. The molecule has 0 atom stereocenters. The Hall–Kier alpha value is -2.35.